The highest BCUT2D eigenvalue weighted by Crippen LogP contribution is 2.31. The summed E-state index contributed by atoms with van der Waals surface area (Å²) in [5.41, 5.74) is 4.19. The van der Waals surface area contributed by atoms with E-state index in [1.54, 1.807) is 7.11 Å². The lowest BCUT2D eigenvalue weighted by Gasteiger charge is -2.04. The van der Waals surface area contributed by atoms with Crippen LogP contribution in [0.4, 0.5) is 0 Å². The van der Waals surface area contributed by atoms with Crippen molar-refractivity contribution in [3.63, 3.8) is 0 Å². The maximum Gasteiger partial charge on any atom is 0.361 e. The van der Waals surface area contributed by atoms with Crippen molar-refractivity contribution in [1.82, 2.24) is 0 Å². The van der Waals surface area contributed by atoms with E-state index < -0.39 is 0 Å². The third-order valence-corrected chi connectivity index (χ3v) is 5.32. The molecule has 0 amide bonds. The molecule has 0 aliphatic heterocycles. The summed E-state index contributed by atoms with van der Waals surface area (Å²) in [6, 6.07) is 28.1. The van der Waals surface area contributed by atoms with Gasteiger partial charge in [-0.15, -0.1) is 0 Å². The Kier molecular flexibility index (Phi) is 7.61. The van der Waals surface area contributed by atoms with Gasteiger partial charge in [0.1, 0.15) is 17.2 Å². The molecule has 0 atom stereocenters. The van der Waals surface area contributed by atoms with Gasteiger partial charge in [0.15, 0.2) is 0 Å². The van der Waals surface area contributed by atoms with Gasteiger partial charge in [-0.3, -0.25) is 0 Å². The molecule has 4 aromatic rings. The monoisotopic (exact) mass is 453 g/mol. The minimum atomic E-state index is 0.636. The molecule has 0 saturated carbocycles. The molecule has 34 heavy (non-hydrogen) atoms. The van der Waals surface area contributed by atoms with Crippen LogP contribution in [0.15, 0.2) is 89.3 Å². The maximum atomic E-state index is 6.28. The van der Waals surface area contributed by atoms with Crippen molar-refractivity contribution in [2.24, 2.45) is 0 Å². The Hall–Kier alpha value is -4.05. The fraction of sp³-hybridized carbons (Fsp3) is 0.167. The number of methoxy groups -OCH3 is 1. The average Bonchev–Trinajstić information content (AvgIpc) is 2.89. The van der Waals surface area contributed by atoms with E-state index in [9.17, 15) is 0 Å². The molecular formula is C30H29O4+. The summed E-state index contributed by atoms with van der Waals surface area (Å²) in [5, 5.41) is 0. The van der Waals surface area contributed by atoms with Gasteiger partial charge in [-0.25, -0.2) is 4.42 Å². The highest BCUT2D eigenvalue weighted by Gasteiger charge is 2.18. The van der Waals surface area contributed by atoms with Crippen molar-refractivity contribution in [3.8, 4) is 39.7 Å². The first-order valence-corrected chi connectivity index (χ1v) is 11.4. The molecule has 4 rings (SSSR count). The quantitative estimate of drug-likeness (QED) is 0.242. The summed E-state index contributed by atoms with van der Waals surface area (Å²) < 4.78 is 22.7. The van der Waals surface area contributed by atoms with E-state index in [0.29, 0.717) is 13.2 Å². The molecule has 0 fully saturated rings. The van der Waals surface area contributed by atoms with Gasteiger partial charge < -0.3 is 14.2 Å². The van der Waals surface area contributed by atoms with Gasteiger partial charge in [0.2, 0.25) is 0 Å². The summed E-state index contributed by atoms with van der Waals surface area (Å²) in [4.78, 5) is 0. The summed E-state index contributed by atoms with van der Waals surface area (Å²) in [6.07, 6.45) is 4.02. The van der Waals surface area contributed by atoms with Crippen LogP contribution in [0.1, 0.15) is 25.2 Å². The second-order valence-corrected chi connectivity index (χ2v) is 7.63. The Morgan fingerprint density at radius 1 is 0.618 bits per heavy atom. The summed E-state index contributed by atoms with van der Waals surface area (Å²) in [7, 11) is 1.67. The van der Waals surface area contributed by atoms with Crippen LogP contribution in [0.3, 0.4) is 0 Å². The van der Waals surface area contributed by atoms with E-state index in [1.807, 2.05) is 92.7 Å². The standard InChI is InChI=1S/C30H29O4/c1-4-32-27-13-6-22(7-14-27)8-15-29-20-25(23-9-16-26(31-3)17-10-23)21-30(34-29)24-11-18-28(19-12-24)33-5-2/h6-21H,4-5H2,1-3H3/q+1/b15-8+. The van der Waals surface area contributed by atoms with Crippen LogP contribution in [0.2, 0.25) is 0 Å². The third-order valence-electron chi connectivity index (χ3n) is 5.32. The van der Waals surface area contributed by atoms with Gasteiger partial charge in [-0.2, -0.15) is 0 Å². The molecule has 172 valence electrons. The average molecular weight is 454 g/mol. The molecule has 0 spiro atoms. The second-order valence-electron chi connectivity index (χ2n) is 7.63. The molecule has 0 unspecified atom stereocenters. The minimum absolute atomic E-state index is 0.636. The lowest BCUT2D eigenvalue weighted by Crippen LogP contribution is -1.91. The van der Waals surface area contributed by atoms with Crippen molar-refractivity contribution in [3.05, 3.63) is 96.3 Å². The predicted octanol–water partition coefficient (Wildman–Crippen LogP) is 7.87. The topological polar surface area (TPSA) is 39.0 Å². The molecule has 0 aliphatic carbocycles. The first-order chi connectivity index (χ1) is 16.7. The first kappa shape index (κ1) is 23.1. The van der Waals surface area contributed by atoms with E-state index in [2.05, 4.69) is 18.2 Å². The fourth-order valence-electron chi connectivity index (χ4n) is 3.60. The smallest absolute Gasteiger partial charge is 0.361 e. The van der Waals surface area contributed by atoms with Crippen molar-refractivity contribution in [2.45, 2.75) is 13.8 Å². The van der Waals surface area contributed by atoms with Gasteiger partial charge in [-0.1, -0.05) is 24.3 Å². The van der Waals surface area contributed by atoms with Gasteiger partial charge in [0.05, 0.1) is 38.0 Å². The van der Waals surface area contributed by atoms with Crippen LogP contribution >= 0.6 is 0 Å². The Labute approximate surface area is 201 Å². The molecule has 0 N–H and O–H groups in total. The highest BCUT2D eigenvalue weighted by atomic mass is 16.5. The normalized spacial score (nSPS) is 10.9. The van der Waals surface area contributed by atoms with Gasteiger partial charge in [0.25, 0.3) is 0 Å². The van der Waals surface area contributed by atoms with Crippen LogP contribution < -0.4 is 14.2 Å². The lowest BCUT2D eigenvalue weighted by molar-refractivity contribution is 0.340. The number of ether oxygens (including phenoxy) is 3. The largest absolute Gasteiger partial charge is 0.497 e. The lowest BCUT2D eigenvalue weighted by atomic mass is 10.0. The molecule has 0 bridgehead atoms. The minimum Gasteiger partial charge on any atom is -0.497 e. The van der Waals surface area contributed by atoms with Crippen LogP contribution in [-0.2, 0) is 0 Å². The number of rotatable bonds is 9. The molecule has 4 nitrogen and oxygen atoms in total. The Morgan fingerprint density at radius 2 is 1.18 bits per heavy atom. The van der Waals surface area contributed by atoms with Gasteiger partial charge >= 0.3 is 11.5 Å². The Balaban J connectivity index is 1.69. The molecule has 1 aromatic heterocycles. The van der Waals surface area contributed by atoms with Crippen LogP contribution in [0, 0.1) is 0 Å². The van der Waals surface area contributed by atoms with Crippen molar-refractivity contribution in [2.75, 3.05) is 20.3 Å². The molecule has 0 saturated heterocycles. The van der Waals surface area contributed by atoms with Gasteiger partial charge in [0, 0.05) is 11.6 Å². The van der Waals surface area contributed by atoms with E-state index >= 15 is 0 Å². The Morgan fingerprint density at radius 3 is 1.76 bits per heavy atom. The van der Waals surface area contributed by atoms with Crippen molar-refractivity contribution < 1.29 is 18.6 Å². The fourth-order valence-corrected chi connectivity index (χ4v) is 3.60. The zero-order valence-electron chi connectivity index (χ0n) is 19.8. The van der Waals surface area contributed by atoms with E-state index in [-0.39, 0.29) is 0 Å². The summed E-state index contributed by atoms with van der Waals surface area (Å²) in [6.45, 7) is 5.25. The third kappa shape index (κ3) is 5.84. The molecule has 0 radical (unpaired) electrons. The molecule has 0 aliphatic rings. The number of benzene rings is 3. The van der Waals surface area contributed by atoms with E-state index in [4.69, 9.17) is 18.6 Å². The SMILES string of the molecule is CCOc1ccc(/C=C/c2cc(-c3ccc(OC)cc3)cc(-c3ccc(OCC)cc3)[o+]2)cc1. The number of hydrogen-bond acceptors (Lipinski definition) is 3. The molecule has 3 aromatic carbocycles. The number of hydrogen-bond donors (Lipinski definition) is 0. The molecule has 4 heteroatoms. The van der Waals surface area contributed by atoms with Crippen LogP contribution in [0.25, 0.3) is 34.6 Å². The van der Waals surface area contributed by atoms with Crippen LogP contribution in [-0.4, -0.2) is 20.3 Å². The van der Waals surface area contributed by atoms with E-state index in [0.717, 1.165) is 51.0 Å². The summed E-state index contributed by atoms with van der Waals surface area (Å²) >= 11 is 0. The first-order valence-electron chi connectivity index (χ1n) is 11.4. The molecular weight excluding hydrogens is 424 g/mol. The van der Waals surface area contributed by atoms with Crippen molar-refractivity contribution in [1.29, 1.82) is 0 Å². The van der Waals surface area contributed by atoms with E-state index in [1.165, 1.54) is 0 Å². The highest BCUT2D eigenvalue weighted by molar-refractivity contribution is 5.75. The van der Waals surface area contributed by atoms with Crippen LogP contribution in [0.5, 0.6) is 17.2 Å². The van der Waals surface area contributed by atoms with Gasteiger partial charge in [-0.05, 0) is 79.6 Å². The summed E-state index contributed by atoms with van der Waals surface area (Å²) in [5.74, 6) is 4.07. The zero-order valence-corrected chi connectivity index (χ0v) is 19.8. The predicted molar refractivity (Wildman–Crippen MR) is 138 cm³/mol. The molecule has 1 heterocycles. The van der Waals surface area contributed by atoms with Crippen molar-refractivity contribution >= 4 is 12.2 Å². The maximum absolute atomic E-state index is 6.28. The zero-order chi connectivity index (χ0) is 23.8. The Bertz CT molecular complexity index is 1220. The second kappa shape index (κ2) is 11.2.